The molecule has 0 bridgehead atoms. The molecule has 1 aliphatic carbocycles. The van der Waals surface area contributed by atoms with E-state index in [1.54, 1.807) is 0 Å². The number of amides is 1. The number of rotatable bonds is 4. The van der Waals surface area contributed by atoms with Crippen LogP contribution in [-0.4, -0.2) is 29.1 Å². The zero-order valence-electron chi connectivity index (χ0n) is 8.08. The van der Waals surface area contributed by atoms with Crippen molar-refractivity contribution in [2.24, 2.45) is 5.73 Å². The van der Waals surface area contributed by atoms with Crippen LogP contribution < -0.4 is 11.1 Å². The fourth-order valence-corrected chi connectivity index (χ4v) is 1.88. The van der Waals surface area contributed by atoms with Gasteiger partial charge in [-0.05, 0) is 12.8 Å². The number of hydrogen-bond donors (Lipinski definition) is 3. The Bertz CT molecular complexity index is 234. The van der Waals surface area contributed by atoms with Gasteiger partial charge in [0.2, 0.25) is 5.91 Å². The molecule has 1 aliphatic rings. The molecule has 0 spiro atoms. The Morgan fingerprint density at radius 3 is 2.29 bits per heavy atom. The van der Waals surface area contributed by atoms with Crippen LogP contribution in [0.2, 0.25) is 0 Å². The van der Waals surface area contributed by atoms with Gasteiger partial charge >= 0.3 is 5.97 Å². The van der Waals surface area contributed by atoms with Gasteiger partial charge in [0, 0.05) is 0 Å². The highest BCUT2D eigenvalue weighted by atomic mass is 16.4. The van der Waals surface area contributed by atoms with Gasteiger partial charge in [0.05, 0.1) is 6.54 Å². The van der Waals surface area contributed by atoms with Gasteiger partial charge in [-0.25, -0.2) is 0 Å². The molecule has 1 saturated carbocycles. The van der Waals surface area contributed by atoms with Gasteiger partial charge in [-0.15, -0.1) is 0 Å². The molecule has 5 heteroatoms. The Labute approximate surface area is 82.7 Å². The summed E-state index contributed by atoms with van der Waals surface area (Å²) in [6.45, 7) is -0.0632. The van der Waals surface area contributed by atoms with Crippen molar-refractivity contribution in [1.29, 1.82) is 0 Å². The van der Waals surface area contributed by atoms with Crippen molar-refractivity contribution in [3.8, 4) is 0 Å². The minimum Gasteiger partial charge on any atom is -0.480 e. The molecular weight excluding hydrogens is 184 g/mol. The topological polar surface area (TPSA) is 92.4 Å². The Hall–Kier alpha value is -1.10. The number of carbonyl (C=O) groups is 2. The smallest absolute Gasteiger partial charge is 0.323 e. The molecule has 0 heterocycles. The number of hydrogen-bond acceptors (Lipinski definition) is 3. The van der Waals surface area contributed by atoms with E-state index in [1.807, 2.05) is 0 Å². The van der Waals surface area contributed by atoms with Crippen LogP contribution in [-0.2, 0) is 9.59 Å². The first-order valence-electron chi connectivity index (χ1n) is 4.83. The lowest BCUT2D eigenvalue weighted by atomic mass is 9.81. The second-order valence-corrected chi connectivity index (χ2v) is 3.77. The molecule has 0 aromatic heterocycles. The van der Waals surface area contributed by atoms with E-state index in [2.05, 4.69) is 5.32 Å². The van der Waals surface area contributed by atoms with Crippen LogP contribution in [0, 0.1) is 0 Å². The minimum atomic E-state index is -0.923. The number of nitrogens with one attached hydrogen (secondary N) is 1. The van der Waals surface area contributed by atoms with Gasteiger partial charge in [0.25, 0.3) is 0 Å². The average molecular weight is 200 g/mol. The summed E-state index contributed by atoms with van der Waals surface area (Å²) in [7, 11) is 0. The second kappa shape index (κ2) is 4.41. The van der Waals surface area contributed by atoms with Gasteiger partial charge in [-0.3, -0.25) is 14.9 Å². The predicted molar refractivity (Wildman–Crippen MR) is 50.6 cm³/mol. The van der Waals surface area contributed by atoms with Gasteiger partial charge in [0.1, 0.15) is 5.54 Å². The fourth-order valence-electron chi connectivity index (χ4n) is 1.88. The molecule has 1 fully saturated rings. The fraction of sp³-hybridized carbons (Fsp3) is 0.778. The van der Waals surface area contributed by atoms with E-state index in [1.165, 1.54) is 0 Å². The Balaban J connectivity index is 2.60. The van der Waals surface area contributed by atoms with E-state index in [4.69, 9.17) is 10.8 Å². The van der Waals surface area contributed by atoms with Crippen molar-refractivity contribution in [2.75, 3.05) is 6.54 Å². The summed E-state index contributed by atoms with van der Waals surface area (Å²) in [5, 5.41) is 11.8. The van der Waals surface area contributed by atoms with E-state index < -0.39 is 17.4 Å². The number of aliphatic carboxylic acids is 1. The van der Waals surface area contributed by atoms with Crippen LogP contribution >= 0.6 is 0 Å². The van der Waals surface area contributed by atoms with Crippen LogP contribution in [0.3, 0.4) is 0 Å². The summed E-state index contributed by atoms with van der Waals surface area (Å²) in [6.07, 6.45) is 3.99. The first-order valence-corrected chi connectivity index (χ1v) is 4.83. The molecule has 0 radical (unpaired) electrons. The van der Waals surface area contributed by atoms with Gasteiger partial charge < -0.3 is 10.8 Å². The van der Waals surface area contributed by atoms with Crippen molar-refractivity contribution < 1.29 is 14.7 Å². The number of nitrogens with two attached hydrogens (primary N) is 1. The second-order valence-electron chi connectivity index (χ2n) is 3.77. The highest BCUT2D eigenvalue weighted by Gasteiger charge is 2.39. The molecular formula is C9H16N2O3. The van der Waals surface area contributed by atoms with Crippen molar-refractivity contribution in [1.82, 2.24) is 5.32 Å². The third-order valence-corrected chi connectivity index (χ3v) is 2.72. The summed E-state index contributed by atoms with van der Waals surface area (Å²) in [4.78, 5) is 21.6. The molecule has 0 atom stereocenters. The zero-order chi connectivity index (χ0) is 10.6. The lowest BCUT2D eigenvalue weighted by Gasteiger charge is -2.33. The SMILES string of the molecule is NC(=O)CNC1(C(=O)O)CCCCC1. The normalized spacial score (nSPS) is 20.3. The Kier molecular flexibility index (Phi) is 3.46. The van der Waals surface area contributed by atoms with E-state index in [-0.39, 0.29) is 6.54 Å². The maximum absolute atomic E-state index is 11.1. The number of primary amides is 1. The minimum absolute atomic E-state index is 0.0632. The summed E-state index contributed by atoms with van der Waals surface area (Å²) >= 11 is 0. The van der Waals surface area contributed by atoms with Crippen LogP contribution in [0.1, 0.15) is 32.1 Å². The molecule has 1 rings (SSSR count). The number of carboxylic acids is 1. The molecule has 0 aromatic carbocycles. The van der Waals surface area contributed by atoms with Crippen molar-refractivity contribution in [2.45, 2.75) is 37.6 Å². The highest BCUT2D eigenvalue weighted by Crippen LogP contribution is 2.28. The lowest BCUT2D eigenvalue weighted by Crippen LogP contribution is -2.55. The summed E-state index contributed by atoms with van der Waals surface area (Å²) in [6, 6.07) is 0. The Morgan fingerprint density at radius 1 is 1.29 bits per heavy atom. The maximum Gasteiger partial charge on any atom is 0.323 e. The third kappa shape index (κ3) is 2.45. The molecule has 80 valence electrons. The quantitative estimate of drug-likeness (QED) is 0.588. The van der Waals surface area contributed by atoms with E-state index in [0.717, 1.165) is 19.3 Å². The standard InChI is InChI=1S/C9H16N2O3/c10-7(12)6-11-9(8(13)14)4-2-1-3-5-9/h11H,1-6H2,(H2,10,12)(H,13,14). The molecule has 0 aliphatic heterocycles. The van der Waals surface area contributed by atoms with Crippen LogP contribution in [0.25, 0.3) is 0 Å². The van der Waals surface area contributed by atoms with Crippen LogP contribution in [0.4, 0.5) is 0 Å². The van der Waals surface area contributed by atoms with E-state index >= 15 is 0 Å². The molecule has 0 unspecified atom stereocenters. The van der Waals surface area contributed by atoms with Crippen LogP contribution in [0.15, 0.2) is 0 Å². The first kappa shape index (κ1) is 11.0. The summed E-state index contributed by atoms with van der Waals surface area (Å²) in [5.74, 6) is -1.39. The van der Waals surface area contributed by atoms with Crippen molar-refractivity contribution in [3.05, 3.63) is 0 Å². The highest BCUT2D eigenvalue weighted by molar-refractivity contribution is 5.81. The van der Waals surface area contributed by atoms with E-state index in [0.29, 0.717) is 12.8 Å². The van der Waals surface area contributed by atoms with Gasteiger partial charge in [-0.1, -0.05) is 19.3 Å². The molecule has 0 saturated heterocycles. The molecule has 4 N–H and O–H groups in total. The molecule has 5 nitrogen and oxygen atoms in total. The molecule has 1 amide bonds. The first-order chi connectivity index (χ1) is 6.57. The van der Waals surface area contributed by atoms with Crippen LogP contribution in [0.5, 0.6) is 0 Å². The number of carboxylic acid groups (broad SMARTS) is 1. The summed E-state index contributed by atoms with van der Waals surface area (Å²) < 4.78 is 0. The zero-order valence-corrected chi connectivity index (χ0v) is 8.08. The van der Waals surface area contributed by atoms with Gasteiger partial charge in [-0.2, -0.15) is 0 Å². The Morgan fingerprint density at radius 2 is 1.86 bits per heavy atom. The monoisotopic (exact) mass is 200 g/mol. The predicted octanol–water partition coefficient (Wildman–Crippen LogP) is -0.151. The number of carbonyl (C=O) groups excluding carboxylic acids is 1. The van der Waals surface area contributed by atoms with Crippen molar-refractivity contribution >= 4 is 11.9 Å². The third-order valence-electron chi connectivity index (χ3n) is 2.72. The van der Waals surface area contributed by atoms with Gasteiger partial charge in [0.15, 0.2) is 0 Å². The molecule has 0 aromatic rings. The van der Waals surface area contributed by atoms with Crippen molar-refractivity contribution in [3.63, 3.8) is 0 Å². The maximum atomic E-state index is 11.1. The lowest BCUT2D eigenvalue weighted by molar-refractivity contribution is -0.146. The largest absolute Gasteiger partial charge is 0.480 e. The van der Waals surface area contributed by atoms with E-state index in [9.17, 15) is 9.59 Å². The molecule has 14 heavy (non-hydrogen) atoms. The average Bonchev–Trinajstić information content (AvgIpc) is 2.16. The summed E-state index contributed by atoms with van der Waals surface area (Å²) in [5.41, 5.74) is 4.05.